The molecule has 0 aliphatic rings. The fraction of sp³-hybridized carbons (Fsp3) is 0.286. The molecule has 2 nitrogen and oxygen atoms in total. The maximum absolute atomic E-state index is 7.40. The van der Waals surface area contributed by atoms with Crippen molar-refractivity contribution >= 4 is 5.69 Å². The van der Waals surface area contributed by atoms with Crippen LogP contribution < -0.4 is 5.73 Å². The predicted molar refractivity (Wildman–Crippen MR) is 38.0 cm³/mol. The Morgan fingerprint density at radius 2 is 2.89 bits per heavy atom. The first-order valence-electron chi connectivity index (χ1n) is 4.97. The van der Waals surface area contributed by atoms with Crippen LogP contribution >= 0.6 is 0 Å². The lowest BCUT2D eigenvalue weighted by molar-refractivity contribution is 1.04. The van der Waals surface area contributed by atoms with E-state index in [0.29, 0.717) is 5.69 Å². The van der Waals surface area contributed by atoms with Gasteiger partial charge in [-0.2, -0.15) is 0 Å². The molecule has 1 aromatic rings. The van der Waals surface area contributed by atoms with Crippen LogP contribution in [0.3, 0.4) is 0 Å². The van der Waals surface area contributed by atoms with Crippen molar-refractivity contribution in [3.8, 4) is 0 Å². The first kappa shape index (κ1) is 2.29. The number of nitrogens with zero attached hydrogens (tertiary/aromatic N) is 1. The van der Waals surface area contributed by atoms with Gasteiger partial charge < -0.3 is 5.73 Å². The molecular weight excluding hydrogens is 112 g/mol. The van der Waals surface area contributed by atoms with Crippen molar-refractivity contribution in [1.82, 2.24) is 4.98 Å². The molecule has 0 bridgehead atoms. The fourth-order valence-electron chi connectivity index (χ4n) is 0.515. The SMILES string of the molecule is [2H]C([2H])([2H])C([2H])([2H])c1cc(N)ccn1. The Labute approximate surface area is 61.7 Å². The number of aryl methyl sites for hydroxylation is 1. The van der Waals surface area contributed by atoms with Gasteiger partial charge in [-0.15, -0.1) is 0 Å². The Bertz CT molecular complexity index is 333. The molecule has 9 heavy (non-hydrogen) atoms. The monoisotopic (exact) mass is 127 g/mol. The van der Waals surface area contributed by atoms with Gasteiger partial charge in [0.1, 0.15) is 0 Å². The maximum Gasteiger partial charge on any atom is 0.0421 e. The number of anilines is 1. The number of nitrogens with two attached hydrogens (primary N) is 1. The van der Waals surface area contributed by atoms with Gasteiger partial charge in [-0.25, -0.2) is 0 Å². The first-order valence-corrected chi connectivity index (χ1v) is 2.47. The highest BCUT2D eigenvalue weighted by atomic mass is 14.7. The van der Waals surface area contributed by atoms with Gasteiger partial charge in [-0.3, -0.25) is 4.98 Å². The summed E-state index contributed by atoms with van der Waals surface area (Å²) in [7, 11) is 0. The zero-order valence-corrected chi connectivity index (χ0v) is 4.76. The van der Waals surface area contributed by atoms with E-state index in [4.69, 9.17) is 12.6 Å². The molecule has 0 spiro atoms. The van der Waals surface area contributed by atoms with Gasteiger partial charge in [0.05, 0.1) is 0 Å². The van der Waals surface area contributed by atoms with Gasteiger partial charge in [0.15, 0.2) is 0 Å². The van der Waals surface area contributed by atoms with Gasteiger partial charge in [0, 0.05) is 24.4 Å². The van der Waals surface area contributed by atoms with Crippen LogP contribution in [0.5, 0.6) is 0 Å². The van der Waals surface area contributed by atoms with Crippen LogP contribution in [0.25, 0.3) is 0 Å². The maximum atomic E-state index is 7.40. The van der Waals surface area contributed by atoms with E-state index in [-0.39, 0.29) is 5.69 Å². The van der Waals surface area contributed by atoms with E-state index in [0.717, 1.165) is 0 Å². The van der Waals surface area contributed by atoms with Crippen LogP contribution in [-0.4, -0.2) is 4.98 Å². The lowest BCUT2D eigenvalue weighted by atomic mass is 10.3. The second-order valence-corrected chi connectivity index (χ2v) is 1.60. The van der Waals surface area contributed by atoms with Crippen LogP contribution in [0.2, 0.25) is 0 Å². The van der Waals surface area contributed by atoms with E-state index in [1.165, 1.54) is 18.3 Å². The molecule has 0 aliphatic carbocycles. The summed E-state index contributed by atoms with van der Waals surface area (Å²) in [5.74, 6) is 0. The van der Waals surface area contributed by atoms with Crippen LogP contribution in [-0.2, 0) is 6.37 Å². The standard InChI is InChI=1S/C7H10N2/c1-2-7-5-6(8)3-4-9-7/h3-5H,2H2,1H3,(H2,8,9)/i1D3,2D2. The summed E-state index contributed by atoms with van der Waals surface area (Å²) in [4.78, 5) is 3.66. The predicted octanol–water partition coefficient (Wildman–Crippen LogP) is 1.23. The molecule has 48 valence electrons. The van der Waals surface area contributed by atoms with Crippen LogP contribution in [0.15, 0.2) is 18.3 Å². The molecular formula is C7H10N2. The summed E-state index contributed by atoms with van der Waals surface area (Å²) in [6, 6.07) is 2.70. The molecule has 0 atom stereocenters. The Hall–Kier alpha value is -1.05. The number of hydrogen-bond donors (Lipinski definition) is 1. The molecule has 0 radical (unpaired) electrons. The average molecular weight is 127 g/mol. The number of rotatable bonds is 1. The van der Waals surface area contributed by atoms with Crippen molar-refractivity contribution in [2.45, 2.75) is 13.2 Å². The molecule has 0 aromatic carbocycles. The van der Waals surface area contributed by atoms with Gasteiger partial charge >= 0.3 is 0 Å². The zero-order chi connectivity index (χ0) is 11.0. The summed E-state index contributed by atoms with van der Waals surface area (Å²) in [5.41, 5.74) is 5.53. The fourth-order valence-corrected chi connectivity index (χ4v) is 0.515. The van der Waals surface area contributed by atoms with E-state index in [1.807, 2.05) is 0 Å². The van der Waals surface area contributed by atoms with Crippen LogP contribution in [0.4, 0.5) is 5.69 Å². The molecule has 0 amide bonds. The Morgan fingerprint density at radius 1 is 2.00 bits per heavy atom. The molecule has 1 heterocycles. The highest BCUT2D eigenvalue weighted by molar-refractivity contribution is 5.36. The molecule has 0 aliphatic heterocycles. The van der Waals surface area contributed by atoms with E-state index in [2.05, 4.69) is 4.98 Å². The van der Waals surface area contributed by atoms with E-state index in [9.17, 15) is 0 Å². The largest absolute Gasteiger partial charge is 0.399 e. The minimum Gasteiger partial charge on any atom is -0.399 e. The summed E-state index contributed by atoms with van der Waals surface area (Å²) in [6.45, 7) is -2.74. The van der Waals surface area contributed by atoms with Crippen LogP contribution in [0.1, 0.15) is 19.4 Å². The van der Waals surface area contributed by atoms with Crippen molar-refractivity contribution in [3.63, 3.8) is 0 Å². The van der Waals surface area contributed by atoms with Crippen molar-refractivity contribution in [2.24, 2.45) is 0 Å². The minimum absolute atomic E-state index is 0.169. The summed E-state index contributed by atoms with van der Waals surface area (Å²) in [5, 5.41) is 0. The lowest BCUT2D eigenvalue weighted by Crippen LogP contribution is -1.89. The summed E-state index contributed by atoms with van der Waals surface area (Å²) >= 11 is 0. The number of aromatic nitrogens is 1. The van der Waals surface area contributed by atoms with E-state index < -0.39 is 13.2 Å². The second-order valence-electron chi connectivity index (χ2n) is 1.60. The Kier molecular flexibility index (Phi) is 0.632. The van der Waals surface area contributed by atoms with Gasteiger partial charge in [-0.05, 0) is 18.5 Å². The van der Waals surface area contributed by atoms with Gasteiger partial charge in [0.25, 0.3) is 0 Å². The zero-order valence-electron chi connectivity index (χ0n) is 9.76. The molecule has 1 rings (SSSR count). The molecule has 0 unspecified atom stereocenters. The smallest absolute Gasteiger partial charge is 0.0421 e. The summed E-state index contributed by atoms with van der Waals surface area (Å²) < 4.78 is 35.9. The van der Waals surface area contributed by atoms with Crippen molar-refractivity contribution in [2.75, 3.05) is 5.73 Å². The third kappa shape index (κ3) is 1.42. The third-order valence-corrected chi connectivity index (χ3v) is 0.912. The third-order valence-electron chi connectivity index (χ3n) is 0.912. The first-order chi connectivity index (χ1) is 6.25. The normalized spacial score (nSPS) is 20.7. The topological polar surface area (TPSA) is 38.9 Å². The Morgan fingerprint density at radius 3 is 3.56 bits per heavy atom. The van der Waals surface area contributed by atoms with Crippen molar-refractivity contribution < 1.29 is 6.85 Å². The Balaban J connectivity index is 3.16. The molecule has 0 saturated carbocycles. The highest BCUT2D eigenvalue weighted by Gasteiger charge is 1.87. The highest BCUT2D eigenvalue weighted by Crippen LogP contribution is 2.01. The van der Waals surface area contributed by atoms with E-state index >= 15 is 0 Å². The molecule has 2 N–H and O–H groups in total. The number of nitrogen functional groups attached to an aromatic ring is 1. The minimum atomic E-state index is -2.74. The molecule has 2 heteroatoms. The van der Waals surface area contributed by atoms with Gasteiger partial charge in [0.2, 0.25) is 0 Å². The second kappa shape index (κ2) is 2.49. The molecule has 0 saturated heterocycles. The quantitative estimate of drug-likeness (QED) is 0.616. The van der Waals surface area contributed by atoms with Crippen molar-refractivity contribution in [1.29, 1.82) is 0 Å². The van der Waals surface area contributed by atoms with Crippen molar-refractivity contribution in [3.05, 3.63) is 24.0 Å². The lowest BCUT2D eigenvalue weighted by Gasteiger charge is -1.94. The van der Waals surface area contributed by atoms with Crippen LogP contribution in [0, 0.1) is 0 Å². The average Bonchev–Trinajstić information content (AvgIpc) is 2.02. The molecule has 1 aromatic heterocycles. The van der Waals surface area contributed by atoms with E-state index in [1.54, 1.807) is 0 Å². The number of hydrogen-bond acceptors (Lipinski definition) is 2. The summed E-state index contributed by atoms with van der Waals surface area (Å²) in [6.07, 6.45) is -1.18. The van der Waals surface area contributed by atoms with Gasteiger partial charge in [-0.1, -0.05) is 6.85 Å². The number of pyridine rings is 1. The molecule has 0 fully saturated rings.